The molecule has 1 aliphatic rings. The van der Waals surface area contributed by atoms with Gasteiger partial charge in [0.25, 0.3) is 15.9 Å². The van der Waals surface area contributed by atoms with Crippen LogP contribution in [-0.2, 0) is 17.1 Å². The van der Waals surface area contributed by atoms with E-state index in [1.54, 1.807) is 25.5 Å². The van der Waals surface area contributed by atoms with Crippen LogP contribution in [0.25, 0.3) is 10.7 Å². The average molecular weight is 497 g/mol. The number of carbonyl (C=O) groups is 1. The van der Waals surface area contributed by atoms with Gasteiger partial charge in [-0.05, 0) is 51.0 Å². The molecule has 0 bridgehead atoms. The van der Waals surface area contributed by atoms with Gasteiger partial charge in [0.2, 0.25) is 0 Å². The van der Waals surface area contributed by atoms with Crippen LogP contribution in [0.1, 0.15) is 33.9 Å². The van der Waals surface area contributed by atoms with Crippen LogP contribution in [0, 0.1) is 19.7 Å². The molecular formula is C21H22ClFN4O3S2. The van der Waals surface area contributed by atoms with Crippen molar-refractivity contribution in [2.24, 2.45) is 7.05 Å². The molecule has 7 nitrogen and oxygen atoms in total. The third kappa shape index (κ3) is 4.14. The summed E-state index contributed by atoms with van der Waals surface area (Å²) in [7, 11) is -2.25. The Kier molecular flexibility index (Phi) is 6.04. The van der Waals surface area contributed by atoms with E-state index >= 15 is 0 Å². The summed E-state index contributed by atoms with van der Waals surface area (Å²) in [5.74, 6) is -0.593. The lowest BCUT2D eigenvalue weighted by atomic mass is 10.3. The Hall–Kier alpha value is -2.43. The van der Waals surface area contributed by atoms with Crippen molar-refractivity contribution < 1.29 is 17.6 Å². The normalized spacial score (nSPS) is 14.2. The molecule has 1 aromatic carbocycles. The Labute approximate surface area is 194 Å². The molecule has 1 N–H and O–H groups in total. The Morgan fingerprint density at radius 3 is 2.56 bits per heavy atom. The molecule has 0 saturated carbocycles. The molecule has 0 aliphatic carbocycles. The first-order valence-corrected chi connectivity index (χ1v) is 12.7. The zero-order chi connectivity index (χ0) is 23.2. The van der Waals surface area contributed by atoms with E-state index in [2.05, 4.69) is 9.71 Å². The molecule has 0 radical (unpaired) electrons. The molecule has 1 aliphatic heterocycles. The van der Waals surface area contributed by atoms with Gasteiger partial charge in [-0.1, -0.05) is 11.6 Å². The predicted octanol–water partition coefficient (Wildman–Crippen LogP) is 4.59. The van der Waals surface area contributed by atoms with Gasteiger partial charge in [-0.3, -0.25) is 9.52 Å². The van der Waals surface area contributed by atoms with E-state index in [-0.39, 0.29) is 21.5 Å². The fraction of sp³-hybridized carbons (Fsp3) is 0.333. The number of halogens is 2. The first-order valence-electron chi connectivity index (χ1n) is 10.00. The third-order valence-electron chi connectivity index (χ3n) is 5.56. The Morgan fingerprint density at radius 1 is 1.22 bits per heavy atom. The van der Waals surface area contributed by atoms with Crippen LogP contribution in [0.5, 0.6) is 0 Å². The molecule has 11 heteroatoms. The average Bonchev–Trinajstić information content (AvgIpc) is 3.45. The molecule has 3 heterocycles. The van der Waals surface area contributed by atoms with Crippen molar-refractivity contribution in [2.45, 2.75) is 31.6 Å². The summed E-state index contributed by atoms with van der Waals surface area (Å²) in [6, 6.07) is 4.97. The smallest absolute Gasteiger partial charge is 0.265 e. The summed E-state index contributed by atoms with van der Waals surface area (Å²) < 4.78 is 43.6. The van der Waals surface area contributed by atoms with Gasteiger partial charge in [-0.25, -0.2) is 17.8 Å². The number of sulfonamides is 1. The molecule has 4 rings (SSSR count). The van der Waals surface area contributed by atoms with Gasteiger partial charge >= 0.3 is 0 Å². The number of amides is 1. The quantitative estimate of drug-likeness (QED) is 0.559. The minimum atomic E-state index is -4.00. The SMILES string of the molecule is Cc1nc(-c2cc(S(=O)(=O)Nc3ccc(F)cc3Cl)c(C)n2C)sc1C(=O)N1CCCC1. The van der Waals surface area contributed by atoms with Crippen LogP contribution < -0.4 is 4.72 Å². The van der Waals surface area contributed by atoms with Gasteiger partial charge in [0.15, 0.2) is 0 Å². The number of nitrogens with zero attached hydrogens (tertiary/aromatic N) is 3. The monoisotopic (exact) mass is 496 g/mol. The molecule has 1 saturated heterocycles. The van der Waals surface area contributed by atoms with E-state index in [4.69, 9.17) is 11.6 Å². The number of rotatable bonds is 5. The van der Waals surface area contributed by atoms with Gasteiger partial charge in [0.05, 0.1) is 22.1 Å². The van der Waals surface area contributed by atoms with Crippen LogP contribution in [0.2, 0.25) is 5.02 Å². The molecule has 1 fully saturated rings. The lowest BCUT2D eigenvalue weighted by Gasteiger charge is -2.13. The largest absolute Gasteiger partial charge is 0.345 e. The number of thiazole rings is 1. The maximum atomic E-state index is 13.3. The molecule has 1 amide bonds. The molecular weight excluding hydrogens is 475 g/mol. The van der Waals surface area contributed by atoms with Crippen molar-refractivity contribution in [3.05, 3.63) is 51.4 Å². The summed E-state index contributed by atoms with van der Waals surface area (Å²) in [6.07, 6.45) is 2.00. The molecule has 2 aromatic heterocycles. The zero-order valence-electron chi connectivity index (χ0n) is 17.8. The fourth-order valence-corrected chi connectivity index (χ4v) is 6.42. The lowest BCUT2D eigenvalue weighted by molar-refractivity contribution is 0.0796. The van der Waals surface area contributed by atoms with Crippen LogP contribution in [-0.4, -0.2) is 41.9 Å². The summed E-state index contributed by atoms with van der Waals surface area (Å²) in [5.41, 5.74) is 1.79. The van der Waals surface area contributed by atoms with Crippen LogP contribution in [0.3, 0.4) is 0 Å². The van der Waals surface area contributed by atoms with Gasteiger partial charge in [0.1, 0.15) is 20.6 Å². The highest BCUT2D eigenvalue weighted by atomic mass is 35.5. The van der Waals surface area contributed by atoms with E-state index in [1.165, 1.54) is 23.5 Å². The predicted molar refractivity (Wildman–Crippen MR) is 123 cm³/mol. The van der Waals surface area contributed by atoms with E-state index in [0.717, 1.165) is 38.1 Å². The highest BCUT2D eigenvalue weighted by Crippen LogP contribution is 2.34. The number of aromatic nitrogens is 2. The van der Waals surface area contributed by atoms with Gasteiger partial charge in [-0.15, -0.1) is 11.3 Å². The van der Waals surface area contributed by atoms with Gasteiger partial charge in [-0.2, -0.15) is 0 Å². The Balaban J connectivity index is 1.68. The van der Waals surface area contributed by atoms with Crippen LogP contribution in [0.15, 0.2) is 29.2 Å². The Bertz CT molecular complexity index is 1310. The summed E-state index contributed by atoms with van der Waals surface area (Å²) >= 11 is 7.24. The molecule has 0 atom stereocenters. The highest BCUT2D eigenvalue weighted by molar-refractivity contribution is 7.92. The number of benzene rings is 1. The number of aryl methyl sites for hydroxylation is 1. The molecule has 0 spiro atoms. The maximum absolute atomic E-state index is 13.3. The van der Waals surface area contributed by atoms with Crippen molar-refractivity contribution in [3.8, 4) is 10.7 Å². The lowest BCUT2D eigenvalue weighted by Crippen LogP contribution is -2.27. The van der Waals surface area contributed by atoms with Crippen molar-refractivity contribution in [2.75, 3.05) is 17.8 Å². The number of carbonyl (C=O) groups excluding carboxylic acids is 1. The van der Waals surface area contributed by atoms with Crippen molar-refractivity contribution in [1.29, 1.82) is 0 Å². The summed E-state index contributed by atoms with van der Waals surface area (Å²) in [4.78, 5) is 19.8. The number of nitrogens with one attached hydrogen (secondary N) is 1. The standard InChI is InChI=1S/C21H22ClFN4O3S2/c1-12-19(21(28)27-8-4-5-9-27)31-20(24-12)17-11-18(13(2)26(17)3)32(29,30)25-16-7-6-14(23)10-15(16)22/h6-7,10-11,25H,4-5,8-9H2,1-3H3. The van der Waals surface area contributed by atoms with Crippen molar-refractivity contribution in [3.63, 3.8) is 0 Å². The van der Waals surface area contributed by atoms with E-state index in [9.17, 15) is 17.6 Å². The second-order valence-electron chi connectivity index (χ2n) is 7.70. The number of hydrogen-bond acceptors (Lipinski definition) is 5. The first-order chi connectivity index (χ1) is 15.1. The van der Waals surface area contributed by atoms with Crippen molar-refractivity contribution in [1.82, 2.24) is 14.5 Å². The minimum Gasteiger partial charge on any atom is -0.345 e. The van der Waals surface area contributed by atoms with E-state index in [1.807, 2.05) is 4.90 Å². The Morgan fingerprint density at radius 2 is 1.91 bits per heavy atom. The van der Waals surface area contributed by atoms with Gasteiger partial charge in [0, 0.05) is 25.8 Å². The van der Waals surface area contributed by atoms with E-state index < -0.39 is 15.8 Å². The zero-order valence-corrected chi connectivity index (χ0v) is 20.2. The van der Waals surface area contributed by atoms with Crippen LogP contribution in [0.4, 0.5) is 10.1 Å². The molecule has 170 valence electrons. The third-order valence-corrected chi connectivity index (χ3v) is 8.52. The van der Waals surface area contributed by atoms with Crippen molar-refractivity contribution >= 4 is 44.6 Å². The molecule has 0 unspecified atom stereocenters. The molecule has 3 aromatic rings. The van der Waals surface area contributed by atoms with E-state index in [0.29, 0.717) is 27.0 Å². The van der Waals surface area contributed by atoms with Crippen LogP contribution >= 0.6 is 22.9 Å². The topological polar surface area (TPSA) is 84.3 Å². The second-order valence-corrected chi connectivity index (χ2v) is 10.8. The number of likely N-dealkylation sites (tertiary alicyclic amines) is 1. The highest BCUT2D eigenvalue weighted by Gasteiger charge is 2.27. The number of hydrogen-bond donors (Lipinski definition) is 1. The maximum Gasteiger partial charge on any atom is 0.265 e. The molecule has 32 heavy (non-hydrogen) atoms. The fourth-order valence-electron chi connectivity index (χ4n) is 3.69. The minimum absolute atomic E-state index is 0.0323. The summed E-state index contributed by atoms with van der Waals surface area (Å²) in [6.45, 7) is 4.96. The summed E-state index contributed by atoms with van der Waals surface area (Å²) in [5, 5.41) is 0.528. The number of anilines is 1. The van der Waals surface area contributed by atoms with Gasteiger partial charge < -0.3 is 9.47 Å². The second kappa shape index (κ2) is 8.49. The first kappa shape index (κ1) is 22.8.